The second-order valence-electron chi connectivity index (χ2n) is 7.77. The summed E-state index contributed by atoms with van der Waals surface area (Å²) in [5.41, 5.74) is 3.55. The maximum absolute atomic E-state index is 12.5. The van der Waals surface area contributed by atoms with Crippen molar-refractivity contribution in [1.82, 2.24) is 0 Å². The lowest BCUT2D eigenvalue weighted by atomic mass is 10.0. The average molecular weight is 380 g/mol. The molecule has 1 fully saturated rings. The van der Waals surface area contributed by atoms with Gasteiger partial charge in [-0.15, -0.1) is 0 Å². The Morgan fingerprint density at radius 3 is 2.29 bits per heavy atom. The Balaban J connectivity index is 1.60. The molecule has 2 N–H and O–H groups in total. The Morgan fingerprint density at radius 2 is 1.68 bits per heavy atom. The Morgan fingerprint density at radius 1 is 1.00 bits per heavy atom. The van der Waals surface area contributed by atoms with Crippen LogP contribution in [0.15, 0.2) is 42.5 Å². The molecule has 0 aromatic heterocycles. The van der Waals surface area contributed by atoms with E-state index < -0.39 is 6.10 Å². The molecule has 148 valence electrons. The Labute approximate surface area is 166 Å². The molecule has 1 saturated carbocycles. The van der Waals surface area contributed by atoms with E-state index in [1.807, 2.05) is 43.3 Å². The third kappa shape index (κ3) is 5.12. The predicted molar refractivity (Wildman–Crippen MR) is 112 cm³/mol. The van der Waals surface area contributed by atoms with Gasteiger partial charge in [-0.05, 0) is 68.0 Å². The summed E-state index contributed by atoms with van der Waals surface area (Å²) in [7, 11) is 0. The van der Waals surface area contributed by atoms with E-state index in [9.17, 15) is 9.59 Å². The Bertz CT molecular complexity index is 855. The number of benzene rings is 2. The van der Waals surface area contributed by atoms with Gasteiger partial charge in [-0.25, -0.2) is 0 Å². The minimum Gasteiger partial charge on any atom is -0.481 e. The molecule has 1 aliphatic carbocycles. The normalized spacial score (nSPS) is 14.5. The van der Waals surface area contributed by atoms with E-state index in [1.165, 1.54) is 5.56 Å². The molecule has 1 aliphatic rings. The van der Waals surface area contributed by atoms with Gasteiger partial charge in [0.25, 0.3) is 5.91 Å². The summed E-state index contributed by atoms with van der Waals surface area (Å²) in [5.74, 6) is 1.05. The van der Waals surface area contributed by atoms with Gasteiger partial charge < -0.3 is 15.4 Å². The van der Waals surface area contributed by atoms with Crippen LogP contribution in [0.1, 0.15) is 50.7 Å². The van der Waals surface area contributed by atoms with Crippen molar-refractivity contribution in [2.24, 2.45) is 5.92 Å². The zero-order chi connectivity index (χ0) is 20.3. The topological polar surface area (TPSA) is 67.4 Å². The van der Waals surface area contributed by atoms with Gasteiger partial charge in [0.15, 0.2) is 6.10 Å². The van der Waals surface area contributed by atoms with Crippen LogP contribution in [0.25, 0.3) is 0 Å². The van der Waals surface area contributed by atoms with Crippen LogP contribution in [0.5, 0.6) is 5.75 Å². The third-order valence-electron chi connectivity index (χ3n) is 4.94. The van der Waals surface area contributed by atoms with Crippen molar-refractivity contribution >= 4 is 23.2 Å². The lowest BCUT2D eigenvalue weighted by Gasteiger charge is -2.16. The second kappa shape index (κ2) is 8.46. The van der Waals surface area contributed by atoms with Gasteiger partial charge in [0, 0.05) is 17.3 Å². The molecule has 28 heavy (non-hydrogen) atoms. The molecule has 0 aliphatic heterocycles. The van der Waals surface area contributed by atoms with E-state index in [0.717, 1.165) is 24.1 Å². The van der Waals surface area contributed by atoms with Crippen LogP contribution in [0.2, 0.25) is 0 Å². The van der Waals surface area contributed by atoms with E-state index in [1.54, 1.807) is 13.0 Å². The van der Waals surface area contributed by atoms with Crippen LogP contribution in [0.4, 0.5) is 11.4 Å². The summed E-state index contributed by atoms with van der Waals surface area (Å²) in [6.45, 7) is 7.92. The predicted octanol–water partition coefficient (Wildman–Crippen LogP) is 4.87. The Kier molecular flexibility index (Phi) is 6.02. The van der Waals surface area contributed by atoms with Gasteiger partial charge >= 0.3 is 0 Å². The molecule has 0 heterocycles. The highest BCUT2D eigenvalue weighted by atomic mass is 16.5. The van der Waals surface area contributed by atoms with Gasteiger partial charge in [0.05, 0.1) is 0 Å². The molecule has 2 amide bonds. The molecule has 1 unspecified atom stereocenters. The highest BCUT2D eigenvalue weighted by molar-refractivity contribution is 5.97. The fourth-order valence-electron chi connectivity index (χ4n) is 2.85. The van der Waals surface area contributed by atoms with Gasteiger partial charge in [0.1, 0.15) is 5.75 Å². The maximum Gasteiger partial charge on any atom is 0.265 e. The Hall–Kier alpha value is -2.82. The van der Waals surface area contributed by atoms with Crippen LogP contribution in [0.3, 0.4) is 0 Å². The van der Waals surface area contributed by atoms with Crippen molar-refractivity contribution < 1.29 is 14.3 Å². The summed E-state index contributed by atoms with van der Waals surface area (Å²) in [4.78, 5) is 24.5. The second-order valence-corrected chi connectivity index (χ2v) is 7.77. The van der Waals surface area contributed by atoms with Crippen molar-refractivity contribution in [2.45, 2.75) is 52.6 Å². The fourth-order valence-corrected chi connectivity index (χ4v) is 2.85. The van der Waals surface area contributed by atoms with E-state index in [2.05, 4.69) is 24.5 Å². The highest BCUT2D eigenvalue weighted by Crippen LogP contribution is 2.31. The summed E-state index contributed by atoms with van der Waals surface area (Å²) < 4.78 is 5.76. The first-order valence-electron chi connectivity index (χ1n) is 9.82. The molecule has 5 heteroatoms. The molecular formula is C23H28N2O3. The number of ether oxygens (including phenoxy) is 1. The lowest BCUT2D eigenvalue weighted by Crippen LogP contribution is -2.30. The molecule has 0 bridgehead atoms. The smallest absolute Gasteiger partial charge is 0.265 e. The minimum absolute atomic E-state index is 0.0492. The summed E-state index contributed by atoms with van der Waals surface area (Å²) in [6, 6.07) is 13.3. The van der Waals surface area contributed by atoms with Gasteiger partial charge in [-0.2, -0.15) is 0 Å². The first-order chi connectivity index (χ1) is 13.3. The monoisotopic (exact) mass is 380 g/mol. The summed E-state index contributed by atoms with van der Waals surface area (Å²) in [6.07, 6.45) is 1.26. The number of carbonyl (C=O) groups excluding carboxylic acids is 2. The highest BCUT2D eigenvalue weighted by Gasteiger charge is 2.29. The number of nitrogens with one attached hydrogen (secondary N) is 2. The number of hydrogen-bond donors (Lipinski definition) is 2. The zero-order valence-electron chi connectivity index (χ0n) is 16.9. The quantitative estimate of drug-likeness (QED) is 0.720. The van der Waals surface area contributed by atoms with E-state index in [0.29, 0.717) is 17.4 Å². The molecule has 0 saturated heterocycles. The molecule has 2 aromatic rings. The van der Waals surface area contributed by atoms with Crippen molar-refractivity contribution in [1.29, 1.82) is 0 Å². The SMILES string of the molecule is Cc1ccc(NC(=O)C(C)Oc2ccc(C(C)C)cc2)cc1NC(=O)C1CC1. The molecule has 5 nitrogen and oxygen atoms in total. The van der Waals surface area contributed by atoms with Gasteiger partial charge in [-0.1, -0.05) is 32.0 Å². The van der Waals surface area contributed by atoms with Crippen LogP contribution >= 0.6 is 0 Å². The number of amides is 2. The molecule has 0 spiro atoms. The number of carbonyl (C=O) groups is 2. The number of aryl methyl sites for hydroxylation is 1. The molecule has 2 aromatic carbocycles. The van der Waals surface area contributed by atoms with Crippen molar-refractivity contribution in [2.75, 3.05) is 10.6 Å². The van der Waals surface area contributed by atoms with Crippen molar-refractivity contribution in [3.63, 3.8) is 0 Å². The third-order valence-corrected chi connectivity index (χ3v) is 4.94. The van der Waals surface area contributed by atoms with E-state index in [4.69, 9.17) is 4.74 Å². The van der Waals surface area contributed by atoms with Crippen LogP contribution in [-0.4, -0.2) is 17.9 Å². The van der Waals surface area contributed by atoms with Crippen LogP contribution in [-0.2, 0) is 9.59 Å². The van der Waals surface area contributed by atoms with E-state index in [-0.39, 0.29) is 17.7 Å². The van der Waals surface area contributed by atoms with Gasteiger partial charge in [0.2, 0.25) is 5.91 Å². The lowest BCUT2D eigenvalue weighted by molar-refractivity contribution is -0.122. The first-order valence-corrected chi connectivity index (χ1v) is 9.82. The molecule has 1 atom stereocenters. The van der Waals surface area contributed by atoms with Gasteiger partial charge in [-0.3, -0.25) is 9.59 Å². The summed E-state index contributed by atoms with van der Waals surface area (Å²) >= 11 is 0. The number of rotatable bonds is 7. The number of anilines is 2. The molecule has 0 radical (unpaired) electrons. The van der Waals surface area contributed by atoms with Crippen LogP contribution in [0, 0.1) is 12.8 Å². The minimum atomic E-state index is -0.643. The van der Waals surface area contributed by atoms with Crippen molar-refractivity contribution in [3.05, 3.63) is 53.6 Å². The first kappa shape index (κ1) is 19.9. The molecule has 3 rings (SSSR count). The zero-order valence-corrected chi connectivity index (χ0v) is 16.9. The van der Waals surface area contributed by atoms with E-state index >= 15 is 0 Å². The number of hydrogen-bond acceptors (Lipinski definition) is 3. The largest absolute Gasteiger partial charge is 0.481 e. The summed E-state index contributed by atoms with van der Waals surface area (Å²) in [5, 5.41) is 5.81. The average Bonchev–Trinajstić information content (AvgIpc) is 3.50. The fraction of sp³-hybridized carbons (Fsp3) is 0.391. The van der Waals surface area contributed by atoms with Crippen LogP contribution < -0.4 is 15.4 Å². The molecular weight excluding hydrogens is 352 g/mol. The standard InChI is InChI=1S/C23H28N2O3/c1-14(2)17-8-11-20(12-9-17)28-16(4)22(26)24-19-10-5-15(3)21(13-19)25-23(27)18-6-7-18/h5,8-14,16,18H,6-7H2,1-4H3,(H,24,26)(H,25,27). The van der Waals surface area contributed by atoms with Crippen molar-refractivity contribution in [3.8, 4) is 5.75 Å². The maximum atomic E-state index is 12.5.